The first-order valence-electron chi connectivity index (χ1n) is 8.75. The number of aryl methyl sites for hydroxylation is 1. The van der Waals surface area contributed by atoms with E-state index in [1.807, 2.05) is 6.07 Å². The molecule has 0 radical (unpaired) electrons. The fourth-order valence-electron chi connectivity index (χ4n) is 3.49. The first-order chi connectivity index (χ1) is 13.7. The van der Waals surface area contributed by atoms with E-state index in [1.54, 1.807) is 0 Å². The number of nitro benzene ring substituents is 1. The zero-order valence-corrected chi connectivity index (χ0v) is 15.3. The molecule has 1 fully saturated rings. The molecule has 1 aliphatic heterocycles. The molecule has 1 saturated heterocycles. The molecule has 1 aromatic carbocycles. The van der Waals surface area contributed by atoms with Crippen LogP contribution in [0.2, 0.25) is 0 Å². The number of alkyl halides is 3. The molecule has 3 rings (SSSR count). The highest BCUT2D eigenvalue weighted by atomic mass is 19.4. The van der Waals surface area contributed by atoms with E-state index in [1.165, 1.54) is 43.5 Å². The van der Waals surface area contributed by atoms with Crippen LogP contribution >= 0.6 is 0 Å². The number of hydrogen-bond donors (Lipinski definition) is 1. The largest absolute Gasteiger partial charge is 0.490 e. The van der Waals surface area contributed by atoms with Crippen molar-refractivity contribution in [2.45, 2.75) is 37.5 Å². The summed E-state index contributed by atoms with van der Waals surface area (Å²) in [5.74, 6) is -0.536. The lowest BCUT2D eigenvalue weighted by atomic mass is 9.89. The number of rotatable bonds is 5. The minimum atomic E-state index is -4.48. The lowest BCUT2D eigenvalue weighted by molar-refractivity contribution is -0.385. The van der Waals surface area contributed by atoms with Crippen LogP contribution in [0.25, 0.3) is 0 Å². The van der Waals surface area contributed by atoms with Crippen LogP contribution in [0, 0.1) is 28.4 Å². The molecule has 1 aliphatic rings. The zero-order chi connectivity index (χ0) is 21.2. The van der Waals surface area contributed by atoms with Gasteiger partial charge in [-0.2, -0.15) is 18.4 Å². The topological polar surface area (TPSA) is 101 Å². The molecule has 29 heavy (non-hydrogen) atoms. The predicted molar refractivity (Wildman–Crippen MR) is 96.4 cm³/mol. The smallest absolute Gasteiger partial charge is 0.404 e. The summed E-state index contributed by atoms with van der Waals surface area (Å²) in [5, 5.41) is 22.3. The summed E-state index contributed by atoms with van der Waals surface area (Å²) in [6.45, 7) is 1.49. The van der Waals surface area contributed by atoms with Gasteiger partial charge in [0.1, 0.15) is 30.2 Å². The Hall–Kier alpha value is -3.19. The van der Waals surface area contributed by atoms with Gasteiger partial charge in [-0.3, -0.25) is 15.4 Å². The number of hydrogen-bond acceptors (Lipinski definition) is 6. The first kappa shape index (κ1) is 20.5. The van der Waals surface area contributed by atoms with Gasteiger partial charge in [-0.05, 0) is 37.1 Å². The van der Waals surface area contributed by atoms with Gasteiger partial charge < -0.3 is 4.74 Å². The van der Waals surface area contributed by atoms with E-state index in [-0.39, 0.29) is 24.4 Å². The molecule has 152 valence electrons. The zero-order valence-electron chi connectivity index (χ0n) is 15.3. The maximum atomic E-state index is 13.6. The van der Waals surface area contributed by atoms with Crippen molar-refractivity contribution in [3.05, 3.63) is 63.5 Å². The SMILES string of the molecule is Cc1cc(C2C[C@@H](COc3ccc(C#N)nc3)N[C@H]2C(F)(F)F)ccc1[N+](=O)[O-]. The number of aromatic nitrogens is 1. The van der Waals surface area contributed by atoms with Crippen molar-refractivity contribution in [2.75, 3.05) is 6.61 Å². The summed E-state index contributed by atoms with van der Waals surface area (Å²) in [4.78, 5) is 14.3. The molecule has 0 spiro atoms. The van der Waals surface area contributed by atoms with Crippen LogP contribution in [0.1, 0.15) is 29.2 Å². The van der Waals surface area contributed by atoms with Gasteiger partial charge in [-0.15, -0.1) is 0 Å². The lowest BCUT2D eigenvalue weighted by Crippen LogP contribution is -2.44. The van der Waals surface area contributed by atoms with Gasteiger partial charge >= 0.3 is 6.18 Å². The molecule has 0 saturated carbocycles. The maximum Gasteiger partial charge on any atom is 0.404 e. The molecule has 10 heteroatoms. The van der Waals surface area contributed by atoms with E-state index in [2.05, 4.69) is 10.3 Å². The molecule has 2 heterocycles. The second kappa shape index (κ2) is 8.05. The van der Waals surface area contributed by atoms with Crippen LogP contribution in [0.15, 0.2) is 36.5 Å². The third-order valence-corrected chi connectivity index (χ3v) is 4.86. The number of nitriles is 1. The van der Waals surface area contributed by atoms with Crippen molar-refractivity contribution in [1.29, 1.82) is 5.26 Å². The Morgan fingerprint density at radius 1 is 1.38 bits per heavy atom. The highest BCUT2D eigenvalue weighted by molar-refractivity contribution is 5.43. The van der Waals surface area contributed by atoms with Gasteiger partial charge in [-0.25, -0.2) is 4.98 Å². The third-order valence-electron chi connectivity index (χ3n) is 4.86. The van der Waals surface area contributed by atoms with E-state index in [4.69, 9.17) is 10.00 Å². The van der Waals surface area contributed by atoms with Gasteiger partial charge in [0.05, 0.1) is 11.1 Å². The van der Waals surface area contributed by atoms with Gasteiger partial charge in [0, 0.05) is 23.6 Å². The average Bonchev–Trinajstić information content (AvgIpc) is 3.11. The summed E-state index contributed by atoms with van der Waals surface area (Å²) in [7, 11) is 0. The second-order valence-corrected chi connectivity index (χ2v) is 6.83. The Morgan fingerprint density at radius 2 is 2.14 bits per heavy atom. The molecule has 7 nitrogen and oxygen atoms in total. The van der Waals surface area contributed by atoms with Gasteiger partial charge in [0.15, 0.2) is 0 Å². The van der Waals surface area contributed by atoms with E-state index in [0.717, 1.165) is 0 Å². The molecule has 1 aromatic heterocycles. The highest BCUT2D eigenvalue weighted by Gasteiger charge is 2.50. The second-order valence-electron chi connectivity index (χ2n) is 6.83. The Labute approximate surface area is 164 Å². The first-order valence-corrected chi connectivity index (χ1v) is 8.75. The molecular weight excluding hydrogens is 389 g/mol. The Kier molecular flexibility index (Phi) is 5.70. The van der Waals surface area contributed by atoms with E-state index >= 15 is 0 Å². The van der Waals surface area contributed by atoms with Crippen LogP contribution in [0.3, 0.4) is 0 Å². The Balaban J connectivity index is 1.75. The van der Waals surface area contributed by atoms with E-state index < -0.39 is 29.1 Å². The lowest BCUT2D eigenvalue weighted by Gasteiger charge is -2.23. The molecular formula is C19H17F3N4O3. The number of nitrogens with one attached hydrogen (secondary N) is 1. The summed E-state index contributed by atoms with van der Waals surface area (Å²) < 4.78 is 46.2. The number of benzene rings is 1. The average molecular weight is 406 g/mol. The Bertz CT molecular complexity index is 941. The van der Waals surface area contributed by atoms with Crippen LogP contribution in [-0.2, 0) is 0 Å². The minimum absolute atomic E-state index is 0.0113. The molecule has 3 atom stereocenters. The van der Waals surface area contributed by atoms with Crippen molar-refractivity contribution in [2.24, 2.45) is 0 Å². The van der Waals surface area contributed by atoms with Crippen molar-refractivity contribution < 1.29 is 22.8 Å². The summed E-state index contributed by atoms with van der Waals surface area (Å²) in [6, 6.07) is 6.56. The van der Waals surface area contributed by atoms with Crippen LogP contribution in [-0.4, -0.2) is 34.8 Å². The van der Waals surface area contributed by atoms with Gasteiger partial charge in [0.25, 0.3) is 5.69 Å². The van der Waals surface area contributed by atoms with E-state index in [0.29, 0.717) is 16.9 Å². The fourth-order valence-corrected chi connectivity index (χ4v) is 3.49. The van der Waals surface area contributed by atoms with Gasteiger partial charge in [0.2, 0.25) is 0 Å². The summed E-state index contributed by atoms with van der Waals surface area (Å²) in [6.07, 6.45) is -2.98. The quantitative estimate of drug-likeness (QED) is 0.601. The number of halogens is 3. The highest BCUT2D eigenvalue weighted by Crippen LogP contribution is 2.40. The minimum Gasteiger partial charge on any atom is -0.490 e. The molecule has 0 bridgehead atoms. The van der Waals surface area contributed by atoms with Gasteiger partial charge in [-0.1, -0.05) is 6.07 Å². The number of nitro groups is 1. The Morgan fingerprint density at radius 3 is 2.69 bits per heavy atom. The van der Waals surface area contributed by atoms with Crippen LogP contribution < -0.4 is 10.1 Å². The molecule has 0 amide bonds. The number of ether oxygens (including phenoxy) is 1. The third kappa shape index (κ3) is 4.63. The summed E-state index contributed by atoms with van der Waals surface area (Å²) in [5.41, 5.74) is 0.792. The van der Waals surface area contributed by atoms with Crippen molar-refractivity contribution >= 4 is 5.69 Å². The predicted octanol–water partition coefficient (Wildman–Crippen LogP) is 3.63. The van der Waals surface area contributed by atoms with Crippen LogP contribution in [0.5, 0.6) is 5.75 Å². The molecule has 0 aliphatic carbocycles. The van der Waals surface area contributed by atoms with E-state index in [9.17, 15) is 23.3 Å². The normalized spacial score (nSPS) is 21.6. The molecule has 1 N–H and O–H groups in total. The van der Waals surface area contributed by atoms with Crippen LogP contribution in [0.4, 0.5) is 18.9 Å². The summed E-state index contributed by atoms with van der Waals surface area (Å²) >= 11 is 0. The monoisotopic (exact) mass is 406 g/mol. The van der Waals surface area contributed by atoms with Crippen molar-refractivity contribution in [3.8, 4) is 11.8 Å². The molecule has 1 unspecified atom stereocenters. The number of nitrogens with zero attached hydrogens (tertiary/aromatic N) is 3. The van der Waals surface area contributed by atoms with Crippen molar-refractivity contribution in [1.82, 2.24) is 10.3 Å². The fraction of sp³-hybridized carbons (Fsp3) is 0.368. The standard InChI is InChI=1S/C19H17F3N4O3/c1-11-6-12(2-5-17(11)26(27)28)16-7-14(25-18(16)19(20,21)22)10-29-15-4-3-13(8-23)24-9-15/h2-6,9,14,16,18,25H,7,10H2,1H3/t14-,16?,18+/m0/s1. The maximum absolute atomic E-state index is 13.6. The van der Waals surface area contributed by atoms with Crippen molar-refractivity contribution in [3.63, 3.8) is 0 Å². The molecule has 2 aromatic rings. The number of pyridine rings is 1.